The lowest BCUT2D eigenvalue weighted by Gasteiger charge is -2.23. The zero-order valence-corrected chi connectivity index (χ0v) is 22.6. The molecule has 10 heteroatoms. The molecule has 0 spiro atoms. The summed E-state index contributed by atoms with van der Waals surface area (Å²) in [6.07, 6.45) is -1.70. The van der Waals surface area contributed by atoms with Gasteiger partial charge >= 0.3 is 12.0 Å². The van der Waals surface area contributed by atoms with Crippen LogP contribution in [0.4, 0.5) is 10.5 Å². The smallest absolute Gasteiger partial charge is 0.334 e. The zero-order valence-electron chi connectivity index (χ0n) is 21.1. The Labute approximate surface area is 231 Å². The Morgan fingerprint density at radius 3 is 1.97 bits per heavy atom. The van der Waals surface area contributed by atoms with Gasteiger partial charge in [-0.3, -0.25) is 4.79 Å². The van der Waals surface area contributed by atoms with Crippen LogP contribution >= 0.6 is 23.2 Å². The highest BCUT2D eigenvalue weighted by molar-refractivity contribution is 6.42. The maximum atomic E-state index is 12.9. The maximum absolute atomic E-state index is 12.9. The third kappa shape index (κ3) is 7.71. The van der Waals surface area contributed by atoms with Crippen molar-refractivity contribution >= 4 is 46.8 Å². The summed E-state index contributed by atoms with van der Waals surface area (Å²) in [7, 11) is 0. The van der Waals surface area contributed by atoms with Gasteiger partial charge in [-0.15, -0.1) is 0 Å². The highest BCUT2D eigenvalue weighted by Crippen LogP contribution is 2.28. The molecule has 0 fully saturated rings. The van der Waals surface area contributed by atoms with E-state index in [1.54, 1.807) is 42.5 Å². The number of nitrogens with one attached hydrogen (secondary N) is 3. The lowest BCUT2D eigenvalue weighted by molar-refractivity contribution is -0.146. The molecule has 0 aromatic heterocycles. The largest absolute Gasteiger partial charge is 0.479 e. The van der Waals surface area contributed by atoms with Crippen LogP contribution in [0.2, 0.25) is 10.0 Å². The molecule has 3 aromatic carbocycles. The van der Waals surface area contributed by atoms with Crippen molar-refractivity contribution in [2.45, 2.75) is 38.3 Å². The van der Waals surface area contributed by atoms with Crippen molar-refractivity contribution < 1.29 is 24.6 Å². The fourth-order valence-corrected chi connectivity index (χ4v) is 3.91. The zero-order chi connectivity index (χ0) is 28.0. The Bertz CT molecular complexity index is 1310. The number of anilines is 1. The van der Waals surface area contributed by atoms with Crippen LogP contribution < -0.4 is 16.0 Å². The Balaban J connectivity index is 1.84. The lowest BCUT2D eigenvalue weighted by Crippen LogP contribution is -2.36. The molecule has 0 aliphatic heterocycles. The molecule has 8 nitrogen and oxygen atoms in total. The molecular weight excluding hydrogens is 529 g/mol. The van der Waals surface area contributed by atoms with Crippen LogP contribution in [0.3, 0.4) is 0 Å². The highest BCUT2D eigenvalue weighted by atomic mass is 35.5. The van der Waals surface area contributed by atoms with Crippen molar-refractivity contribution in [1.29, 1.82) is 0 Å². The second-order valence-corrected chi connectivity index (χ2v) is 10.5. The number of aliphatic hydroxyl groups is 1. The summed E-state index contributed by atoms with van der Waals surface area (Å²) in [4.78, 5) is 36.1. The lowest BCUT2D eigenvalue weighted by atomic mass is 9.85. The maximum Gasteiger partial charge on any atom is 0.334 e. The summed E-state index contributed by atoms with van der Waals surface area (Å²) >= 11 is 12.0. The molecular formula is C28H29Cl2N3O5. The van der Waals surface area contributed by atoms with Gasteiger partial charge in [-0.1, -0.05) is 80.4 Å². The van der Waals surface area contributed by atoms with E-state index in [9.17, 15) is 19.5 Å². The topological polar surface area (TPSA) is 128 Å². The number of halogens is 2. The Hall–Kier alpha value is -3.59. The van der Waals surface area contributed by atoms with Crippen LogP contribution in [0.15, 0.2) is 66.7 Å². The van der Waals surface area contributed by atoms with E-state index in [1.165, 1.54) is 0 Å². The number of hydrogen-bond acceptors (Lipinski definition) is 4. The minimum Gasteiger partial charge on any atom is -0.479 e. The van der Waals surface area contributed by atoms with E-state index in [0.29, 0.717) is 21.3 Å². The minimum absolute atomic E-state index is 0.0457. The van der Waals surface area contributed by atoms with E-state index in [2.05, 4.69) is 36.7 Å². The number of urea groups is 1. The number of carboxylic acids is 1. The summed E-state index contributed by atoms with van der Waals surface area (Å²) in [5.41, 5.74) is 3.36. The molecule has 3 aromatic rings. The number of benzene rings is 3. The van der Waals surface area contributed by atoms with E-state index in [0.717, 1.165) is 11.1 Å². The number of hydrogen-bond donors (Lipinski definition) is 5. The van der Waals surface area contributed by atoms with Gasteiger partial charge in [-0.05, 0) is 52.4 Å². The van der Waals surface area contributed by atoms with Gasteiger partial charge < -0.3 is 26.2 Å². The van der Waals surface area contributed by atoms with Crippen molar-refractivity contribution in [1.82, 2.24) is 10.6 Å². The Kier molecular flexibility index (Phi) is 9.38. The summed E-state index contributed by atoms with van der Waals surface area (Å²) in [6, 6.07) is 18.2. The predicted octanol–water partition coefficient (Wildman–Crippen LogP) is 5.38. The number of aliphatic carboxylic acids is 1. The second-order valence-electron chi connectivity index (χ2n) is 9.72. The molecule has 3 rings (SSSR count). The average Bonchev–Trinajstić information content (AvgIpc) is 2.87. The van der Waals surface area contributed by atoms with Gasteiger partial charge in [-0.2, -0.15) is 0 Å². The second kappa shape index (κ2) is 12.3. The van der Waals surface area contributed by atoms with Gasteiger partial charge in [0.25, 0.3) is 5.91 Å². The van der Waals surface area contributed by atoms with Crippen LogP contribution in [0.5, 0.6) is 0 Å². The van der Waals surface area contributed by atoms with Crippen molar-refractivity contribution in [2.24, 2.45) is 0 Å². The third-order valence-corrected chi connectivity index (χ3v) is 6.55. The van der Waals surface area contributed by atoms with Gasteiger partial charge in [-0.25, -0.2) is 9.59 Å². The van der Waals surface area contributed by atoms with E-state index < -0.39 is 36.6 Å². The molecule has 5 N–H and O–H groups in total. The first-order valence-corrected chi connectivity index (χ1v) is 12.5. The van der Waals surface area contributed by atoms with Crippen LogP contribution in [0.1, 0.15) is 53.9 Å². The average molecular weight is 558 g/mol. The normalized spacial score (nSPS) is 12.8. The molecule has 0 saturated carbocycles. The van der Waals surface area contributed by atoms with Crippen LogP contribution in [0, 0.1) is 0 Å². The Morgan fingerprint density at radius 1 is 0.868 bits per heavy atom. The first-order valence-electron chi connectivity index (χ1n) is 11.8. The van der Waals surface area contributed by atoms with Crippen molar-refractivity contribution in [2.75, 3.05) is 11.9 Å². The number of carboxylic acid groups (broad SMARTS) is 1. The molecule has 2 atom stereocenters. The van der Waals surface area contributed by atoms with Gasteiger partial charge in [0.2, 0.25) is 0 Å². The predicted molar refractivity (Wildman–Crippen MR) is 148 cm³/mol. The molecule has 0 bridgehead atoms. The van der Waals surface area contributed by atoms with Gasteiger partial charge in [0, 0.05) is 11.3 Å². The van der Waals surface area contributed by atoms with Gasteiger partial charge in [0.05, 0.1) is 22.6 Å². The van der Waals surface area contributed by atoms with E-state index in [1.807, 2.05) is 24.3 Å². The fourth-order valence-electron chi connectivity index (χ4n) is 3.61. The van der Waals surface area contributed by atoms with Crippen molar-refractivity contribution in [3.8, 4) is 0 Å². The monoisotopic (exact) mass is 557 g/mol. The molecule has 0 saturated heterocycles. The number of amides is 3. The number of rotatable bonds is 8. The van der Waals surface area contributed by atoms with Crippen molar-refractivity contribution in [3.63, 3.8) is 0 Å². The summed E-state index contributed by atoms with van der Waals surface area (Å²) in [6.45, 7) is 5.92. The third-order valence-electron chi connectivity index (χ3n) is 5.81. The molecule has 3 amide bonds. The highest BCUT2D eigenvalue weighted by Gasteiger charge is 2.21. The standard InChI is InChI=1S/C28H29Cl2N3O5/c1-28(2,3)19-10-8-17(9-11-19)24(33-27(38)32-20-12-13-21(29)22(30)14-20)16-4-6-18(7-5-16)25(35)31-15-23(34)26(36)37/h4-14,23-24,34H,15H2,1-3H3,(H,31,35)(H,36,37)(H2,32,33,38)/t23-,24?/m1/s1. The quantitative estimate of drug-likeness (QED) is 0.254. The van der Waals surface area contributed by atoms with E-state index >= 15 is 0 Å². The molecule has 0 radical (unpaired) electrons. The summed E-state index contributed by atoms with van der Waals surface area (Å²) in [5.74, 6) is -1.96. The van der Waals surface area contributed by atoms with Gasteiger partial charge in [0.1, 0.15) is 0 Å². The van der Waals surface area contributed by atoms with E-state index in [4.69, 9.17) is 28.3 Å². The summed E-state index contributed by atoms with van der Waals surface area (Å²) < 4.78 is 0. The number of aliphatic hydroxyl groups excluding tert-OH is 1. The molecule has 38 heavy (non-hydrogen) atoms. The molecule has 0 aliphatic carbocycles. The van der Waals surface area contributed by atoms with Crippen LogP contribution in [-0.4, -0.2) is 40.8 Å². The molecule has 0 heterocycles. The molecule has 0 aliphatic rings. The first-order chi connectivity index (χ1) is 17.8. The molecule has 200 valence electrons. The first kappa shape index (κ1) is 29.0. The summed E-state index contributed by atoms with van der Waals surface area (Å²) in [5, 5.41) is 26.9. The minimum atomic E-state index is -1.70. The fraction of sp³-hybridized carbons (Fsp3) is 0.250. The van der Waals surface area contributed by atoms with Gasteiger partial charge in [0.15, 0.2) is 6.10 Å². The van der Waals surface area contributed by atoms with Crippen molar-refractivity contribution in [3.05, 3.63) is 99.0 Å². The number of carbonyl (C=O) groups excluding carboxylic acids is 2. The van der Waals surface area contributed by atoms with Crippen LogP contribution in [-0.2, 0) is 10.2 Å². The van der Waals surface area contributed by atoms with Crippen LogP contribution in [0.25, 0.3) is 0 Å². The number of carbonyl (C=O) groups is 3. The Morgan fingerprint density at radius 2 is 1.45 bits per heavy atom. The van der Waals surface area contributed by atoms with E-state index in [-0.39, 0.29) is 11.0 Å². The SMILES string of the molecule is CC(C)(C)c1ccc(C(NC(=O)Nc2ccc(Cl)c(Cl)c2)c2ccc(C(=O)NC[C@@H](O)C(=O)O)cc2)cc1. The molecule has 1 unspecified atom stereocenters.